The molecule has 0 aliphatic carbocycles. The van der Waals surface area contributed by atoms with E-state index in [0.717, 1.165) is 17.4 Å². The molecule has 1 heterocycles. The summed E-state index contributed by atoms with van der Waals surface area (Å²) in [5.74, 6) is 0.624. The van der Waals surface area contributed by atoms with Gasteiger partial charge >= 0.3 is 0 Å². The molecular weight excluding hydrogens is 279 g/mol. The van der Waals surface area contributed by atoms with E-state index in [1.54, 1.807) is 10.9 Å². The molecule has 84 valence electrons. The summed E-state index contributed by atoms with van der Waals surface area (Å²) in [6.45, 7) is 2.83. The summed E-state index contributed by atoms with van der Waals surface area (Å²) < 4.78 is 2.52. The molecule has 3 nitrogen and oxygen atoms in total. The molecule has 0 radical (unpaired) electrons. The highest BCUT2D eigenvalue weighted by Gasteiger charge is 2.15. The smallest absolute Gasteiger partial charge is 0.182 e. The number of alkyl halides is 1. The SMILES string of the molecule is CCCn1ncc(Br)c1C(=O)CCCCl. The van der Waals surface area contributed by atoms with E-state index in [0.29, 0.717) is 24.4 Å². The van der Waals surface area contributed by atoms with Crippen LogP contribution < -0.4 is 0 Å². The van der Waals surface area contributed by atoms with Crippen LogP contribution in [0.25, 0.3) is 0 Å². The van der Waals surface area contributed by atoms with Crippen molar-refractivity contribution in [1.82, 2.24) is 9.78 Å². The Labute approximate surface area is 103 Å². The molecule has 5 heteroatoms. The van der Waals surface area contributed by atoms with Gasteiger partial charge in [0.25, 0.3) is 0 Å². The Morgan fingerprint density at radius 3 is 3.00 bits per heavy atom. The van der Waals surface area contributed by atoms with Crippen molar-refractivity contribution in [3.8, 4) is 0 Å². The van der Waals surface area contributed by atoms with Crippen molar-refractivity contribution in [2.75, 3.05) is 5.88 Å². The number of hydrogen-bond donors (Lipinski definition) is 0. The standard InChI is InChI=1S/C10H14BrClN2O/c1-2-6-14-10(8(11)7-13-14)9(15)4-3-5-12/h7H,2-6H2,1H3. The molecule has 15 heavy (non-hydrogen) atoms. The summed E-state index contributed by atoms with van der Waals surface area (Å²) in [4.78, 5) is 11.8. The van der Waals surface area contributed by atoms with E-state index in [1.807, 2.05) is 0 Å². The third-order valence-electron chi connectivity index (χ3n) is 2.03. The fourth-order valence-corrected chi connectivity index (χ4v) is 2.02. The fourth-order valence-electron chi connectivity index (χ4n) is 1.37. The molecular formula is C10H14BrClN2O. The van der Waals surface area contributed by atoms with Crippen LogP contribution in [-0.4, -0.2) is 21.4 Å². The maximum absolute atomic E-state index is 11.8. The first-order valence-electron chi connectivity index (χ1n) is 5.01. The van der Waals surface area contributed by atoms with Gasteiger partial charge in [-0.05, 0) is 28.8 Å². The lowest BCUT2D eigenvalue weighted by molar-refractivity contribution is 0.0970. The zero-order chi connectivity index (χ0) is 11.3. The number of nitrogens with zero attached hydrogens (tertiary/aromatic N) is 2. The van der Waals surface area contributed by atoms with Gasteiger partial charge in [0, 0.05) is 18.8 Å². The third-order valence-corrected chi connectivity index (χ3v) is 2.88. The molecule has 0 amide bonds. The fraction of sp³-hybridized carbons (Fsp3) is 0.600. The lowest BCUT2D eigenvalue weighted by Crippen LogP contribution is -2.11. The van der Waals surface area contributed by atoms with Crippen LogP contribution in [0, 0.1) is 0 Å². The van der Waals surface area contributed by atoms with E-state index in [2.05, 4.69) is 28.0 Å². The summed E-state index contributed by atoms with van der Waals surface area (Å²) in [6.07, 6.45) is 3.83. The Morgan fingerprint density at radius 2 is 2.40 bits per heavy atom. The molecule has 0 aliphatic heterocycles. The average molecular weight is 294 g/mol. The lowest BCUT2D eigenvalue weighted by Gasteiger charge is -2.05. The van der Waals surface area contributed by atoms with E-state index < -0.39 is 0 Å². The largest absolute Gasteiger partial charge is 0.292 e. The second kappa shape index (κ2) is 6.28. The van der Waals surface area contributed by atoms with E-state index in [1.165, 1.54) is 0 Å². The van der Waals surface area contributed by atoms with E-state index in [9.17, 15) is 4.79 Å². The molecule has 1 aromatic rings. The summed E-state index contributed by atoms with van der Waals surface area (Å²) >= 11 is 8.90. The van der Waals surface area contributed by atoms with Crippen LogP contribution in [-0.2, 0) is 6.54 Å². The number of rotatable bonds is 6. The second-order valence-corrected chi connectivity index (χ2v) is 4.51. The van der Waals surface area contributed by atoms with E-state index >= 15 is 0 Å². The van der Waals surface area contributed by atoms with Crippen molar-refractivity contribution >= 4 is 33.3 Å². The van der Waals surface area contributed by atoms with Crippen LogP contribution in [0.5, 0.6) is 0 Å². The molecule has 1 rings (SSSR count). The van der Waals surface area contributed by atoms with Gasteiger partial charge in [0.15, 0.2) is 5.78 Å². The van der Waals surface area contributed by atoms with Gasteiger partial charge < -0.3 is 0 Å². The highest BCUT2D eigenvalue weighted by Crippen LogP contribution is 2.18. The lowest BCUT2D eigenvalue weighted by atomic mass is 10.2. The molecule has 0 spiro atoms. The van der Waals surface area contributed by atoms with E-state index in [4.69, 9.17) is 11.6 Å². The quantitative estimate of drug-likeness (QED) is 0.596. The van der Waals surface area contributed by atoms with Gasteiger partial charge in [-0.2, -0.15) is 5.10 Å². The number of carbonyl (C=O) groups excluding carboxylic acids is 1. The molecule has 0 aromatic carbocycles. The highest BCUT2D eigenvalue weighted by atomic mass is 79.9. The third kappa shape index (κ3) is 3.31. The number of Topliss-reactive ketones (excluding diaryl/α,β-unsaturated/α-hetero) is 1. The maximum atomic E-state index is 11.8. The molecule has 0 bridgehead atoms. The summed E-state index contributed by atoms with van der Waals surface area (Å²) in [6, 6.07) is 0. The summed E-state index contributed by atoms with van der Waals surface area (Å²) in [5.41, 5.74) is 0.668. The topological polar surface area (TPSA) is 34.9 Å². The Morgan fingerprint density at radius 1 is 1.67 bits per heavy atom. The van der Waals surface area contributed by atoms with Gasteiger partial charge in [0.05, 0.1) is 10.7 Å². The van der Waals surface area contributed by atoms with Crippen LogP contribution in [0.15, 0.2) is 10.7 Å². The van der Waals surface area contributed by atoms with Crippen LogP contribution in [0.4, 0.5) is 0 Å². The molecule has 1 aromatic heterocycles. The number of aromatic nitrogens is 2. The van der Waals surface area contributed by atoms with E-state index in [-0.39, 0.29) is 5.78 Å². The number of aryl methyl sites for hydroxylation is 1. The molecule has 0 atom stereocenters. The highest BCUT2D eigenvalue weighted by molar-refractivity contribution is 9.10. The van der Waals surface area contributed by atoms with Gasteiger partial charge in [-0.3, -0.25) is 9.48 Å². The van der Waals surface area contributed by atoms with Crippen molar-refractivity contribution in [3.05, 3.63) is 16.4 Å². The van der Waals surface area contributed by atoms with Crippen LogP contribution in [0.3, 0.4) is 0 Å². The summed E-state index contributed by atoms with van der Waals surface area (Å²) in [7, 11) is 0. The predicted octanol–water partition coefficient (Wildman–Crippen LogP) is 3.26. The van der Waals surface area contributed by atoms with Crippen LogP contribution >= 0.6 is 27.5 Å². The van der Waals surface area contributed by atoms with Crippen molar-refractivity contribution < 1.29 is 4.79 Å². The predicted molar refractivity (Wildman–Crippen MR) is 64.5 cm³/mol. The van der Waals surface area contributed by atoms with Gasteiger partial charge in [-0.1, -0.05) is 6.92 Å². The molecule has 0 unspecified atom stereocenters. The first-order valence-corrected chi connectivity index (χ1v) is 6.34. The van der Waals surface area contributed by atoms with Gasteiger partial charge in [-0.25, -0.2) is 0 Å². The maximum Gasteiger partial charge on any atom is 0.182 e. The zero-order valence-corrected chi connectivity index (χ0v) is 11.0. The minimum atomic E-state index is 0.105. The number of carbonyl (C=O) groups is 1. The molecule has 0 aliphatic rings. The first-order chi connectivity index (χ1) is 7.20. The minimum Gasteiger partial charge on any atom is -0.292 e. The molecule has 0 fully saturated rings. The Kier molecular flexibility index (Phi) is 5.32. The van der Waals surface area contributed by atoms with Crippen LogP contribution in [0.1, 0.15) is 36.7 Å². The van der Waals surface area contributed by atoms with Gasteiger partial charge in [0.2, 0.25) is 0 Å². The summed E-state index contributed by atoms with van der Waals surface area (Å²) in [5, 5.41) is 4.15. The first kappa shape index (κ1) is 12.7. The average Bonchev–Trinajstić information content (AvgIpc) is 2.57. The van der Waals surface area contributed by atoms with Gasteiger partial charge in [-0.15, -0.1) is 11.6 Å². The molecule has 0 saturated heterocycles. The van der Waals surface area contributed by atoms with Crippen LogP contribution in [0.2, 0.25) is 0 Å². The number of hydrogen-bond acceptors (Lipinski definition) is 2. The van der Waals surface area contributed by atoms with Gasteiger partial charge in [0.1, 0.15) is 5.69 Å². The Balaban J connectivity index is 2.80. The zero-order valence-electron chi connectivity index (χ0n) is 8.67. The molecule has 0 saturated carbocycles. The van der Waals surface area contributed by atoms with Crippen molar-refractivity contribution in [1.29, 1.82) is 0 Å². The monoisotopic (exact) mass is 292 g/mol. The normalized spacial score (nSPS) is 10.6. The number of halogens is 2. The van der Waals surface area contributed by atoms with Crippen molar-refractivity contribution in [2.24, 2.45) is 0 Å². The minimum absolute atomic E-state index is 0.105. The van der Waals surface area contributed by atoms with Crippen molar-refractivity contribution in [2.45, 2.75) is 32.7 Å². The Hall–Kier alpha value is -0.350. The Bertz CT molecular complexity index is 338. The molecule has 0 N–H and O–H groups in total. The van der Waals surface area contributed by atoms with Crippen molar-refractivity contribution in [3.63, 3.8) is 0 Å². The second-order valence-electron chi connectivity index (χ2n) is 3.28. The number of ketones is 1.